The number of amides is 1. The van der Waals surface area contributed by atoms with E-state index in [4.69, 9.17) is 16.3 Å². The Morgan fingerprint density at radius 3 is 1.97 bits per heavy atom. The first-order valence-electron chi connectivity index (χ1n) is 12.6. The monoisotopic (exact) mass is 565 g/mol. The van der Waals surface area contributed by atoms with Crippen molar-refractivity contribution in [3.63, 3.8) is 0 Å². The maximum Gasteiger partial charge on any atom is 0.225 e. The molecule has 1 amide bonds. The topological polar surface area (TPSA) is 55.4 Å². The molecule has 0 aliphatic carbocycles. The van der Waals surface area contributed by atoms with Gasteiger partial charge in [0, 0.05) is 35.4 Å². The van der Waals surface area contributed by atoms with Crippen LogP contribution in [0.5, 0.6) is 0 Å². The molecule has 1 heterocycles. The highest BCUT2D eigenvalue weighted by molar-refractivity contribution is 7.15. The largest absolute Gasteiger partial charge is 0.379 e. The van der Waals surface area contributed by atoms with Crippen LogP contribution in [-0.2, 0) is 9.53 Å². The predicted octanol–water partition coefficient (Wildman–Crippen LogP) is 9.63. The number of rotatable bonds is 11. The zero-order chi connectivity index (χ0) is 29.4. The van der Waals surface area contributed by atoms with Gasteiger partial charge in [-0.15, -0.1) is 11.3 Å². The molecule has 4 nitrogen and oxygen atoms in total. The summed E-state index contributed by atoms with van der Waals surface area (Å²) in [6.45, 7) is 17.5. The number of nitrogens with one attached hydrogen (secondary N) is 1. The predicted molar refractivity (Wildman–Crippen MR) is 170 cm³/mol. The summed E-state index contributed by atoms with van der Waals surface area (Å²) >= 11 is 7.31. The Labute approximate surface area is 243 Å². The molecule has 0 saturated heterocycles. The Bertz CT molecular complexity index is 1190. The Hall–Kier alpha value is -3.25. The number of anilines is 1. The number of hydrogen-bond acceptors (Lipinski definition) is 4. The summed E-state index contributed by atoms with van der Waals surface area (Å²) in [5, 5.41) is 5.95. The van der Waals surface area contributed by atoms with E-state index in [1.54, 1.807) is 31.4 Å². The van der Waals surface area contributed by atoms with E-state index in [0.717, 1.165) is 28.6 Å². The van der Waals surface area contributed by atoms with Gasteiger partial charge in [0.05, 0.1) is 11.2 Å². The normalized spacial score (nSPS) is 13.1. The number of hydrogen-bond donors (Lipinski definition) is 1. The number of halogens is 1. The minimum Gasteiger partial charge on any atom is -0.379 e. The Morgan fingerprint density at radius 2 is 1.56 bits per heavy atom. The SMILES string of the molecule is C=C/C=C(\C=C/C)C(CC(=O)Nc1scc(-c2ccc(Cl)cc2)c1C=O)C(/C=C\C)=C/C=C.COC(C)(C)C. The molecule has 1 aromatic carbocycles. The molecule has 0 spiro atoms. The maximum absolute atomic E-state index is 13.1. The molecule has 0 bridgehead atoms. The van der Waals surface area contributed by atoms with Gasteiger partial charge >= 0.3 is 0 Å². The molecule has 39 heavy (non-hydrogen) atoms. The van der Waals surface area contributed by atoms with Gasteiger partial charge in [-0.05, 0) is 63.5 Å². The molecule has 0 unspecified atom stereocenters. The zero-order valence-corrected chi connectivity index (χ0v) is 25.4. The van der Waals surface area contributed by atoms with E-state index in [1.165, 1.54) is 11.3 Å². The van der Waals surface area contributed by atoms with E-state index in [-0.39, 0.29) is 23.8 Å². The van der Waals surface area contributed by atoms with Crippen LogP contribution < -0.4 is 5.32 Å². The Morgan fingerprint density at radius 1 is 1.05 bits per heavy atom. The zero-order valence-electron chi connectivity index (χ0n) is 23.8. The standard InChI is InChI=1S/C28H28ClNO2S.C5H12O/c1-5-9-20(10-6-2)24(21(11-7-3)12-8-4)17-27(32)30-28-25(18-31)26(19-33-28)22-13-15-23(29)16-14-22;1-5(2,3)6-4/h5-16,18-19,24H,1,3,17H2,2,4H3,(H,30,32);1-4H3/b10-6-,12-8-,20-9+,21-11+;. The summed E-state index contributed by atoms with van der Waals surface area (Å²) in [5.74, 6) is -0.393. The van der Waals surface area contributed by atoms with Crippen LogP contribution in [0.15, 0.2) is 103 Å². The molecular weight excluding hydrogens is 526 g/mol. The van der Waals surface area contributed by atoms with Crippen LogP contribution in [0.25, 0.3) is 11.1 Å². The quantitative estimate of drug-likeness (QED) is 0.218. The lowest BCUT2D eigenvalue weighted by molar-refractivity contribution is -0.116. The Kier molecular flexibility index (Phi) is 15.0. The van der Waals surface area contributed by atoms with Crippen molar-refractivity contribution in [2.24, 2.45) is 5.92 Å². The highest BCUT2D eigenvalue weighted by Crippen LogP contribution is 2.35. The lowest BCUT2D eigenvalue weighted by atomic mass is 9.86. The van der Waals surface area contributed by atoms with Gasteiger partial charge in [0.1, 0.15) is 5.00 Å². The van der Waals surface area contributed by atoms with Crippen molar-refractivity contribution in [2.75, 3.05) is 12.4 Å². The first-order valence-corrected chi connectivity index (χ1v) is 13.9. The third kappa shape index (κ3) is 11.6. The van der Waals surface area contributed by atoms with Gasteiger partial charge in [0.2, 0.25) is 5.91 Å². The maximum atomic E-state index is 13.1. The summed E-state index contributed by atoms with van der Waals surface area (Å²) in [5.41, 5.74) is 4.04. The third-order valence-electron chi connectivity index (χ3n) is 5.50. The van der Waals surface area contributed by atoms with Crippen molar-refractivity contribution < 1.29 is 14.3 Å². The first kappa shape index (κ1) is 33.8. The fourth-order valence-corrected chi connectivity index (χ4v) is 4.54. The molecule has 0 fully saturated rings. The number of methoxy groups -OCH3 is 1. The molecule has 1 aromatic heterocycles. The molecule has 2 rings (SSSR count). The number of aldehydes is 1. The van der Waals surface area contributed by atoms with Crippen LogP contribution in [0.4, 0.5) is 5.00 Å². The second-order valence-electron chi connectivity index (χ2n) is 9.44. The second kappa shape index (κ2) is 17.4. The van der Waals surface area contributed by atoms with Crippen LogP contribution in [0.1, 0.15) is 51.4 Å². The van der Waals surface area contributed by atoms with Gasteiger partial charge in [-0.2, -0.15) is 0 Å². The van der Waals surface area contributed by atoms with Crippen LogP contribution in [-0.4, -0.2) is 24.9 Å². The lowest BCUT2D eigenvalue weighted by Gasteiger charge is -2.20. The highest BCUT2D eigenvalue weighted by Gasteiger charge is 2.21. The van der Waals surface area contributed by atoms with Gasteiger partial charge in [0.15, 0.2) is 6.29 Å². The number of carbonyl (C=O) groups is 2. The molecule has 208 valence electrons. The van der Waals surface area contributed by atoms with Crippen molar-refractivity contribution in [2.45, 2.75) is 46.6 Å². The lowest BCUT2D eigenvalue weighted by Crippen LogP contribution is -2.19. The van der Waals surface area contributed by atoms with Crippen molar-refractivity contribution in [3.8, 4) is 11.1 Å². The van der Waals surface area contributed by atoms with E-state index in [0.29, 0.717) is 15.6 Å². The molecule has 0 saturated carbocycles. The van der Waals surface area contributed by atoms with E-state index < -0.39 is 0 Å². The van der Waals surface area contributed by atoms with Gasteiger partial charge in [-0.25, -0.2) is 0 Å². The van der Waals surface area contributed by atoms with Gasteiger partial charge < -0.3 is 10.1 Å². The summed E-state index contributed by atoms with van der Waals surface area (Å²) in [7, 11) is 1.71. The molecule has 2 aromatic rings. The number of allylic oxidation sites excluding steroid dienone is 10. The third-order valence-corrected chi connectivity index (χ3v) is 6.66. The molecule has 0 atom stereocenters. The number of carbonyl (C=O) groups excluding carboxylic acids is 2. The fourth-order valence-electron chi connectivity index (χ4n) is 3.46. The second-order valence-corrected chi connectivity index (χ2v) is 10.8. The molecule has 0 aliphatic heterocycles. The molecule has 1 N–H and O–H groups in total. The number of benzene rings is 1. The van der Waals surface area contributed by atoms with Crippen molar-refractivity contribution in [1.82, 2.24) is 0 Å². The smallest absolute Gasteiger partial charge is 0.225 e. The molecule has 0 aliphatic rings. The van der Waals surface area contributed by atoms with Crippen LogP contribution in [0.3, 0.4) is 0 Å². The van der Waals surface area contributed by atoms with Crippen LogP contribution >= 0.6 is 22.9 Å². The average Bonchev–Trinajstić information content (AvgIpc) is 3.29. The molecule has 0 radical (unpaired) electrons. The van der Waals surface area contributed by atoms with Crippen LogP contribution in [0, 0.1) is 5.92 Å². The van der Waals surface area contributed by atoms with Crippen molar-refractivity contribution in [1.29, 1.82) is 0 Å². The van der Waals surface area contributed by atoms with E-state index in [2.05, 4.69) is 18.5 Å². The van der Waals surface area contributed by atoms with E-state index in [9.17, 15) is 9.59 Å². The van der Waals surface area contributed by atoms with E-state index >= 15 is 0 Å². The Balaban J connectivity index is 0.00000113. The van der Waals surface area contributed by atoms with Crippen molar-refractivity contribution in [3.05, 3.63) is 113 Å². The first-order chi connectivity index (χ1) is 18.5. The minimum absolute atomic E-state index is 0.0417. The summed E-state index contributed by atoms with van der Waals surface area (Å²) < 4.78 is 4.94. The summed E-state index contributed by atoms with van der Waals surface area (Å²) in [4.78, 5) is 25.0. The summed E-state index contributed by atoms with van der Waals surface area (Å²) in [6.07, 6.45) is 16.0. The highest BCUT2D eigenvalue weighted by atomic mass is 35.5. The molecule has 6 heteroatoms. The van der Waals surface area contributed by atoms with E-state index in [1.807, 2.05) is 88.6 Å². The molecular formula is C33H40ClNO3S. The summed E-state index contributed by atoms with van der Waals surface area (Å²) in [6, 6.07) is 7.25. The minimum atomic E-state index is -0.205. The van der Waals surface area contributed by atoms with Gasteiger partial charge in [-0.1, -0.05) is 85.5 Å². The number of ether oxygens (including phenoxy) is 1. The van der Waals surface area contributed by atoms with Gasteiger partial charge in [-0.3, -0.25) is 9.59 Å². The number of thiophene rings is 1. The van der Waals surface area contributed by atoms with Crippen LogP contribution in [0.2, 0.25) is 5.02 Å². The van der Waals surface area contributed by atoms with Gasteiger partial charge in [0.25, 0.3) is 0 Å². The average molecular weight is 566 g/mol. The van der Waals surface area contributed by atoms with Crippen molar-refractivity contribution >= 4 is 40.1 Å². The fraction of sp³-hybridized carbons (Fsp3) is 0.273.